The van der Waals surface area contributed by atoms with Gasteiger partial charge in [-0.25, -0.2) is 4.79 Å². The van der Waals surface area contributed by atoms with E-state index in [1.54, 1.807) is 55.4 Å². The summed E-state index contributed by atoms with van der Waals surface area (Å²) in [7, 11) is 6.96. The fourth-order valence-electron chi connectivity index (χ4n) is 11.5. The lowest BCUT2D eigenvalue weighted by atomic mass is 9.95. The molecule has 0 aromatic heterocycles. The second-order valence-corrected chi connectivity index (χ2v) is 28.7. The van der Waals surface area contributed by atoms with Crippen molar-refractivity contribution < 1.29 is 76.6 Å². The first kappa shape index (κ1) is 88.6. The maximum atomic E-state index is 14.8. The molecule has 0 bridgehead atoms. The average Bonchev–Trinajstić information content (AvgIpc) is 0.845. The molecule has 0 aliphatic carbocycles. The smallest absolute Gasteiger partial charge is 0.329 e. The molecule has 1 fully saturated rings. The van der Waals surface area contributed by atoms with Crippen LogP contribution in [-0.2, 0) is 76.6 Å². The van der Waals surface area contributed by atoms with Crippen LogP contribution in [0, 0.1) is 47.3 Å². The molecule has 9 N–H and O–H groups in total. The number of rotatable bonds is 21. The number of methoxy groups -OCH3 is 1. The minimum absolute atomic E-state index is 0.0272. The summed E-state index contributed by atoms with van der Waals surface area (Å²) in [5.74, 6) is -12.2. The van der Waals surface area contributed by atoms with Gasteiger partial charge in [0.25, 0.3) is 0 Å². The Morgan fingerprint density at radius 2 is 1.03 bits per heavy atom. The molecule has 0 saturated carbocycles. The van der Waals surface area contributed by atoms with E-state index in [9.17, 15) is 67.1 Å². The van der Waals surface area contributed by atoms with Crippen molar-refractivity contribution in [2.45, 2.75) is 249 Å². The van der Waals surface area contributed by atoms with Crippen molar-refractivity contribution in [3.8, 4) is 0 Å². The zero-order chi connectivity index (χ0) is 75.3. The Morgan fingerprint density at radius 1 is 0.571 bits per heavy atom. The van der Waals surface area contributed by atoms with E-state index in [1.165, 1.54) is 63.8 Å². The normalized spacial score (nSPS) is 24.6. The summed E-state index contributed by atoms with van der Waals surface area (Å²) in [6.45, 7) is 30.3. The summed E-state index contributed by atoms with van der Waals surface area (Å²) in [6.07, 6.45) is -1.29. The molecule has 13 unspecified atom stereocenters. The van der Waals surface area contributed by atoms with E-state index in [2.05, 4.69) is 47.9 Å². The Hall–Kier alpha value is -7.46. The number of hydrogen-bond acceptors (Lipinski definition) is 16. The number of ether oxygens (including phenoxy) is 2. The molecule has 1 rings (SSSR count). The molecule has 29 nitrogen and oxygen atoms in total. The van der Waals surface area contributed by atoms with Crippen LogP contribution in [0.1, 0.15) is 182 Å². The summed E-state index contributed by atoms with van der Waals surface area (Å²) < 4.78 is 11.0. The number of carbonyl (C=O) groups is 14. The molecule has 0 aromatic rings. The first-order valence-corrected chi connectivity index (χ1v) is 35.0. The molecular weight excluding hydrogens is 1270 g/mol. The maximum absolute atomic E-state index is 14.8. The van der Waals surface area contributed by atoms with Crippen molar-refractivity contribution in [3.05, 3.63) is 0 Å². The van der Waals surface area contributed by atoms with Crippen LogP contribution in [0.2, 0.25) is 0 Å². The molecule has 98 heavy (non-hydrogen) atoms. The zero-order valence-corrected chi connectivity index (χ0v) is 63.0. The van der Waals surface area contributed by atoms with Crippen LogP contribution < -0.4 is 47.9 Å². The summed E-state index contributed by atoms with van der Waals surface area (Å²) in [4.78, 5) is 203. The molecular formula is C69H123N13O16. The zero-order valence-electron chi connectivity index (χ0n) is 63.0. The van der Waals surface area contributed by atoms with E-state index in [0.29, 0.717) is 12.8 Å². The van der Waals surface area contributed by atoms with Gasteiger partial charge < -0.3 is 76.9 Å². The molecule has 13 amide bonds. The molecule has 1 saturated heterocycles. The Bertz CT molecular complexity index is 2690. The van der Waals surface area contributed by atoms with E-state index in [-0.39, 0.29) is 88.4 Å². The third-order valence-electron chi connectivity index (χ3n) is 17.5. The molecule has 29 heteroatoms. The fourth-order valence-corrected chi connectivity index (χ4v) is 11.5. The topological polar surface area (TPSA) is 379 Å². The Morgan fingerprint density at radius 3 is 1.48 bits per heavy atom. The standard InChI is InChI=1S/C69H123N13O16/c1-24-43(15)56-68(95)81(21)58(42(13)14)64(91)73-45(17)60(87)70-29-26-51(83)74-47(32-37(3)4)65(92)80(20)50(35-40(9)10)69(96)98-46(18)57(78-61(88)49(34-39(7)8)79(19)67(94)55(41(11)12)77-54(86)36-97-23)62(89)71-30-27-52(84)75-48(33-38(5)6)66(93)82(22)59(44(16)25-2)63(90)72-31-28-53(85)76-56/h37-50,55-59H,24-36H2,1-23H3,(H,70,87)(H,71,89)(H,72,90)(H,73,91)(H,74,83)(H,75,84)(H,76,85)(H,77,86)(H,78,88). The van der Waals surface area contributed by atoms with Crippen LogP contribution >= 0.6 is 0 Å². The number of nitrogens with zero attached hydrogens (tertiary/aromatic N) is 4. The molecule has 1 heterocycles. The SMILES string of the molecule is CCC(C)C1NC(=O)CCNC(=O)C(C(C)CC)N(C)C(=O)C(CC(C)C)NC(=O)CCNC(=O)C(NC(=O)C(CC(C)C)N(C)C(=O)C(NC(=O)COC)C(C)C)C(C)OC(=O)C(CC(C)C)N(C)C(=O)C(CC(C)C)NC(=O)CCNC(=O)C(C)NC(=O)C(C(C)C)N(C)C1=O. The summed E-state index contributed by atoms with van der Waals surface area (Å²) >= 11 is 0. The average molecular weight is 1390 g/mol. The summed E-state index contributed by atoms with van der Waals surface area (Å²) in [5, 5.41) is 24.4. The monoisotopic (exact) mass is 1390 g/mol. The molecule has 0 radical (unpaired) electrons. The summed E-state index contributed by atoms with van der Waals surface area (Å²) in [6, 6.07) is -12.2. The van der Waals surface area contributed by atoms with Crippen LogP contribution in [0.15, 0.2) is 0 Å². The molecule has 1 aliphatic heterocycles. The van der Waals surface area contributed by atoms with Crippen molar-refractivity contribution in [1.82, 2.24) is 67.5 Å². The minimum atomic E-state index is -1.73. The fraction of sp³-hybridized carbons (Fsp3) is 0.797. The number of esters is 1. The Labute approximate surface area is 582 Å². The van der Waals surface area contributed by atoms with Gasteiger partial charge in [0.15, 0.2) is 0 Å². The molecule has 560 valence electrons. The van der Waals surface area contributed by atoms with Crippen molar-refractivity contribution in [2.24, 2.45) is 47.3 Å². The lowest BCUT2D eigenvalue weighted by molar-refractivity contribution is -0.162. The number of hydrogen-bond donors (Lipinski definition) is 9. The first-order chi connectivity index (χ1) is 45.6. The van der Waals surface area contributed by atoms with Gasteiger partial charge in [0, 0.05) is 74.2 Å². The molecule has 13 atom stereocenters. The van der Waals surface area contributed by atoms with Gasteiger partial charge >= 0.3 is 5.97 Å². The van der Waals surface area contributed by atoms with Gasteiger partial charge in [0.2, 0.25) is 76.8 Å². The van der Waals surface area contributed by atoms with Gasteiger partial charge in [-0.05, 0) is 86.9 Å². The highest BCUT2D eigenvalue weighted by Crippen LogP contribution is 2.23. The molecule has 0 aromatic carbocycles. The third kappa shape index (κ3) is 28.8. The van der Waals surface area contributed by atoms with Gasteiger partial charge in [0.05, 0.1) is 0 Å². The third-order valence-corrected chi connectivity index (χ3v) is 17.5. The van der Waals surface area contributed by atoms with Crippen molar-refractivity contribution in [3.63, 3.8) is 0 Å². The van der Waals surface area contributed by atoms with Gasteiger partial charge in [-0.1, -0.05) is 124 Å². The number of cyclic esters (lactones) is 1. The molecule has 1 aliphatic rings. The minimum Gasteiger partial charge on any atom is -0.458 e. The van der Waals surface area contributed by atoms with Crippen molar-refractivity contribution >= 4 is 82.8 Å². The quantitative estimate of drug-likeness (QED) is 0.0742. The summed E-state index contributed by atoms with van der Waals surface area (Å²) in [5.41, 5.74) is 0. The Kier molecular flexibility index (Phi) is 39.0. The van der Waals surface area contributed by atoms with Gasteiger partial charge in [-0.15, -0.1) is 0 Å². The lowest BCUT2D eigenvalue weighted by Gasteiger charge is -2.35. The van der Waals surface area contributed by atoms with Crippen LogP contribution in [0.3, 0.4) is 0 Å². The van der Waals surface area contributed by atoms with E-state index in [0.717, 1.165) is 4.90 Å². The van der Waals surface area contributed by atoms with Crippen LogP contribution in [0.4, 0.5) is 0 Å². The van der Waals surface area contributed by atoms with E-state index >= 15 is 0 Å². The largest absolute Gasteiger partial charge is 0.458 e. The van der Waals surface area contributed by atoms with E-state index in [1.807, 2.05) is 55.4 Å². The Balaban J connectivity index is 4.14. The van der Waals surface area contributed by atoms with Crippen LogP contribution in [0.5, 0.6) is 0 Å². The van der Waals surface area contributed by atoms with Gasteiger partial charge in [0.1, 0.15) is 73.1 Å². The van der Waals surface area contributed by atoms with Crippen LogP contribution in [0.25, 0.3) is 0 Å². The predicted octanol–water partition coefficient (Wildman–Crippen LogP) is 1.92. The second kappa shape index (κ2) is 43.2. The van der Waals surface area contributed by atoms with E-state index < -0.39 is 179 Å². The first-order valence-electron chi connectivity index (χ1n) is 35.0. The highest BCUT2D eigenvalue weighted by Gasteiger charge is 2.42. The number of nitrogens with one attached hydrogen (secondary N) is 9. The highest BCUT2D eigenvalue weighted by molar-refractivity contribution is 5.97. The maximum Gasteiger partial charge on any atom is 0.329 e. The van der Waals surface area contributed by atoms with Crippen molar-refractivity contribution in [2.75, 3.05) is 61.5 Å². The number of amides is 13. The van der Waals surface area contributed by atoms with Crippen LogP contribution in [-0.4, -0.2) is 230 Å². The lowest BCUT2D eigenvalue weighted by Crippen LogP contribution is -2.61. The molecule has 0 spiro atoms. The van der Waals surface area contributed by atoms with Crippen molar-refractivity contribution in [1.29, 1.82) is 0 Å². The van der Waals surface area contributed by atoms with E-state index in [4.69, 9.17) is 9.47 Å². The highest BCUT2D eigenvalue weighted by atomic mass is 16.5. The number of carbonyl (C=O) groups excluding carboxylic acids is 14. The van der Waals surface area contributed by atoms with Gasteiger partial charge in [-0.3, -0.25) is 62.3 Å². The predicted molar refractivity (Wildman–Crippen MR) is 370 cm³/mol. The second-order valence-electron chi connectivity index (χ2n) is 28.7. The van der Waals surface area contributed by atoms with Gasteiger partial charge in [-0.2, -0.15) is 0 Å². The number of likely N-dealkylation sites (N-methyl/N-ethyl adjacent to an activating group) is 4.